The third-order valence-corrected chi connectivity index (χ3v) is 15.0. The summed E-state index contributed by atoms with van der Waals surface area (Å²) in [5, 5.41) is 23.7. The van der Waals surface area contributed by atoms with E-state index >= 15 is 0 Å². The number of aryl methyl sites for hydroxylation is 1. The van der Waals surface area contributed by atoms with Crippen molar-refractivity contribution in [3.8, 4) is 0 Å². The van der Waals surface area contributed by atoms with Crippen LogP contribution in [0.1, 0.15) is 73.3 Å². The van der Waals surface area contributed by atoms with E-state index in [0.717, 1.165) is 85.7 Å². The monoisotopic (exact) mass is 630 g/mol. The number of carbonyl (C=O) groups excluding carboxylic acids is 1. The summed E-state index contributed by atoms with van der Waals surface area (Å²) in [5.41, 5.74) is 0.0895. The summed E-state index contributed by atoms with van der Waals surface area (Å²) in [6, 6.07) is 10.8. The van der Waals surface area contributed by atoms with Gasteiger partial charge in [-0.15, -0.1) is 11.3 Å². The van der Waals surface area contributed by atoms with E-state index in [0.29, 0.717) is 18.9 Å². The molecule has 5 nitrogen and oxygen atoms in total. The lowest BCUT2D eigenvalue weighted by Gasteiger charge is -2.71. The van der Waals surface area contributed by atoms with E-state index in [-0.39, 0.29) is 39.9 Å². The second-order valence-electron chi connectivity index (χ2n) is 15.8. The van der Waals surface area contributed by atoms with Crippen LogP contribution in [-0.2, 0) is 0 Å². The number of allylic oxidation sites excluding steroid dienone is 4. The van der Waals surface area contributed by atoms with Crippen molar-refractivity contribution in [2.45, 2.75) is 77.4 Å². The van der Waals surface area contributed by atoms with Crippen molar-refractivity contribution < 1.29 is 19.4 Å². The Balaban J connectivity index is 1.12. The molecule has 4 fully saturated rings. The molecule has 1 unspecified atom stereocenters. The normalized spacial score (nSPS) is 42.2. The van der Waals surface area contributed by atoms with Crippen LogP contribution < -0.4 is 4.90 Å². The molecular formula is C38H47FN2O3S. The third-order valence-electron chi connectivity index (χ3n) is 14.0. The molecule has 1 saturated heterocycles. The van der Waals surface area contributed by atoms with Crippen LogP contribution >= 0.6 is 11.3 Å². The standard InChI is InChI=1S/C38H47FN2O3S/c1-25-4-9-30(45-25)33(43)29-23-36-16-17-38(29)31(34(36,2)13-10-28(42)22-36)11-14-35(3)32(38)12-15-37(35,44)24-40-18-20-41(21-19-40)27-7-5-26(39)6-8-27/h4-9,16-17,23,28,31-32,42,44H,10-15,18-22,24H2,1-3H3/t28?,31-,32-,34-,35+,36+,37-,38-/m1/s1. The van der Waals surface area contributed by atoms with Gasteiger partial charge < -0.3 is 15.1 Å². The van der Waals surface area contributed by atoms with Crippen molar-refractivity contribution >= 4 is 22.8 Å². The van der Waals surface area contributed by atoms with E-state index in [1.807, 2.05) is 24.3 Å². The smallest absolute Gasteiger partial charge is 0.199 e. The highest BCUT2D eigenvalue weighted by Gasteiger charge is 2.74. The van der Waals surface area contributed by atoms with Gasteiger partial charge in [0.25, 0.3) is 0 Å². The Hall–Kier alpha value is -2.32. The highest BCUT2D eigenvalue weighted by atomic mass is 32.1. The molecule has 0 amide bonds. The summed E-state index contributed by atoms with van der Waals surface area (Å²) in [7, 11) is 0. The number of β-amino-alcohol motifs (C(OH)–C–C–N with tert-alkyl or cyclic N) is 1. The number of carbonyl (C=O) groups is 1. The summed E-state index contributed by atoms with van der Waals surface area (Å²) in [6.07, 6.45) is 12.8. The van der Waals surface area contributed by atoms with Crippen LogP contribution in [0.25, 0.3) is 0 Å². The summed E-state index contributed by atoms with van der Waals surface area (Å²) in [5.74, 6) is 0.422. The Bertz CT molecular complexity index is 1580. The van der Waals surface area contributed by atoms with Gasteiger partial charge in [0.15, 0.2) is 5.78 Å². The van der Waals surface area contributed by atoms with Gasteiger partial charge in [0, 0.05) is 65.1 Å². The lowest BCUT2D eigenvalue weighted by Crippen LogP contribution is -2.67. The van der Waals surface area contributed by atoms with Crippen molar-refractivity contribution in [3.63, 3.8) is 0 Å². The fourth-order valence-electron chi connectivity index (χ4n) is 11.5. The third kappa shape index (κ3) is 4.09. The predicted molar refractivity (Wildman–Crippen MR) is 177 cm³/mol. The second kappa shape index (κ2) is 10.1. The topological polar surface area (TPSA) is 64.0 Å². The molecule has 7 heteroatoms. The number of fused-ring (bicyclic) bond motifs is 1. The number of nitrogens with zero attached hydrogens (tertiary/aromatic N) is 2. The molecule has 2 aromatic rings. The molecular weight excluding hydrogens is 583 g/mol. The quantitative estimate of drug-likeness (QED) is 0.281. The number of aliphatic hydroxyl groups excluding tert-OH is 1. The minimum absolute atomic E-state index is 0.0190. The number of Topliss-reactive ketones (excluding diaryl/α,β-unsaturated/α-hetero) is 1. The van der Waals surface area contributed by atoms with Crippen molar-refractivity contribution in [2.24, 2.45) is 33.5 Å². The number of hydrogen-bond acceptors (Lipinski definition) is 6. The lowest BCUT2D eigenvalue weighted by atomic mass is 9.32. The van der Waals surface area contributed by atoms with Crippen LogP contribution in [0.3, 0.4) is 0 Å². The van der Waals surface area contributed by atoms with Gasteiger partial charge in [-0.1, -0.05) is 32.1 Å². The Morgan fingerprint density at radius 2 is 1.62 bits per heavy atom. The summed E-state index contributed by atoms with van der Waals surface area (Å²) in [6.45, 7) is 10.9. The average Bonchev–Trinajstić information content (AvgIpc) is 3.57. The van der Waals surface area contributed by atoms with Crippen molar-refractivity contribution in [2.75, 3.05) is 37.6 Å². The maximum atomic E-state index is 14.6. The molecule has 1 aromatic heterocycles. The zero-order chi connectivity index (χ0) is 31.4. The zero-order valence-electron chi connectivity index (χ0n) is 26.9. The van der Waals surface area contributed by atoms with Gasteiger partial charge in [0.05, 0.1) is 16.6 Å². The fraction of sp³-hybridized carbons (Fsp3) is 0.605. The molecule has 8 atom stereocenters. The predicted octanol–water partition coefficient (Wildman–Crippen LogP) is 6.79. The van der Waals surface area contributed by atoms with E-state index in [1.54, 1.807) is 11.3 Å². The Morgan fingerprint density at radius 3 is 2.33 bits per heavy atom. The first-order valence-electron chi connectivity index (χ1n) is 17.1. The second-order valence-corrected chi connectivity index (χ2v) is 17.1. The van der Waals surface area contributed by atoms with Gasteiger partial charge in [-0.05, 0) is 106 Å². The molecule has 2 bridgehead atoms. The summed E-state index contributed by atoms with van der Waals surface area (Å²) in [4.78, 5) is 21.3. The zero-order valence-corrected chi connectivity index (χ0v) is 27.7. The largest absolute Gasteiger partial charge is 0.393 e. The van der Waals surface area contributed by atoms with Crippen LogP contribution in [0, 0.1) is 46.2 Å². The highest BCUT2D eigenvalue weighted by Crippen LogP contribution is 2.78. The van der Waals surface area contributed by atoms with E-state index in [1.165, 1.54) is 12.1 Å². The molecule has 0 radical (unpaired) electrons. The van der Waals surface area contributed by atoms with Gasteiger partial charge in [-0.3, -0.25) is 9.69 Å². The van der Waals surface area contributed by atoms with Gasteiger partial charge in [0.2, 0.25) is 0 Å². The molecule has 1 aliphatic heterocycles. The van der Waals surface area contributed by atoms with Crippen LogP contribution in [0.2, 0.25) is 0 Å². The van der Waals surface area contributed by atoms with Gasteiger partial charge >= 0.3 is 0 Å². The molecule has 1 aromatic carbocycles. The molecule has 2 spiro atoms. The van der Waals surface area contributed by atoms with Gasteiger partial charge in [0.1, 0.15) is 5.82 Å². The first kappa shape index (κ1) is 30.0. The lowest BCUT2D eigenvalue weighted by molar-refractivity contribution is -0.176. The minimum Gasteiger partial charge on any atom is -0.393 e. The maximum Gasteiger partial charge on any atom is 0.199 e. The van der Waals surface area contributed by atoms with Crippen molar-refractivity contribution in [3.05, 3.63) is 75.8 Å². The molecule has 45 heavy (non-hydrogen) atoms. The number of thiophene rings is 1. The van der Waals surface area contributed by atoms with E-state index < -0.39 is 11.0 Å². The Kier molecular flexibility index (Phi) is 6.74. The molecule has 7 aliphatic rings. The number of aliphatic hydroxyl groups is 2. The van der Waals surface area contributed by atoms with Crippen LogP contribution in [0.5, 0.6) is 0 Å². The van der Waals surface area contributed by atoms with E-state index in [9.17, 15) is 19.4 Å². The molecule has 2 N–H and O–H groups in total. The minimum atomic E-state index is -0.841. The highest BCUT2D eigenvalue weighted by molar-refractivity contribution is 7.14. The van der Waals surface area contributed by atoms with Crippen LogP contribution in [0.4, 0.5) is 10.1 Å². The fourth-order valence-corrected chi connectivity index (χ4v) is 12.3. The molecule has 240 valence electrons. The van der Waals surface area contributed by atoms with Crippen molar-refractivity contribution in [1.29, 1.82) is 0 Å². The number of halogens is 1. The summed E-state index contributed by atoms with van der Waals surface area (Å²) < 4.78 is 13.5. The Morgan fingerprint density at radius 1 is 0.933 bits per heavy atom. The van der Waals surface area contributed by atoms with Gasteiger partial charge in [-0.2, -0.15) is 0 Å². The number of hydrogen-bond donors (Lipinski definition) is 2. The molecule has 6 aliphatic carbocycles. The molecule has 9 rings (SSSR count). The maximum absolute atomic E-state index is 14.6. The van der Waals surface area contributed by atoms with Crippen LogP contribution in [0.15, 0.2) is 60.2 Å². The number of ketones is 1. The van der Waals surface area contributed by atoms with E-state index in [4.69, 9.17) is 0 Å². The first-order valence-corrected chi connectivity index (χ1v) is 17.9. The number of piperazine rings is 1. The van der Waals surface area contributed by atoms with Crippen molar-refractivity contribution in [1.82, 2.24) is 4.90 Å². The molecule has 3 saturated carbocycles. The Labute approximate surface area is 270 Å². The summed E-state index contributed by atoms with van der Waals surface area (Å²) >= 11 is 1.58. The molecule has 2 heterocycles. The first-order chi connectivity index (χ1) is 21.4. The number of benzene rings is 1. The van der Waals surface area contributed by atoms with Crippen LogP contribution in [-0.4, -0.2) is 65.3 Å². The number of rotatable bonds is 5. The average molecular weight is 631 g/mol. The SMILES string of the molecule is Cc1ccc(C(=O)C2=C[C@@]34C=C[C@@]25[C@@H]2CC[C@@](O)(CN6CCN(c7ccc(F)cc7)CC6)[C@@]2(C)CC[C@@H]5[C@@]3(C)CCC(O)C4)s1. The number of anilines is 1. The van der Waals surface area contributed by atoms with Gasteiger partial charge in [-0.25, -0.2) is 4.39 Å². The van der Waals surface area contributed by atoms with E-state index in [2.05, 4.69) is 48.8 Å².